The molecule has 8 heteroatoms. The molecule has 0 amide bonds. The molecule has 2 N–H and O–H groups in total. The van der Waals surface area contributed by atoms with Crippen LogP contribution in [0.25, 0.3) is 16.8 Å². The fourth-order valence-electron chi connectivity index (χ4n) is 3.33. The standard InChI is InChI=1S/C25H22ClN3O3S/c1-2-5-23-27-25(29-28-23)33-22(24(30)31)14-20-19-7-4-3-6-17(19)10-13-21(20)32-15-16-8-11-18(26)12-9-16/h3-4,6-14H,2,5,15H2,1H3,(H,30,31)(H,27,28,29)/b22-14-. The van der Waals surface area contributed by atoms with E-state index in [2.05, 4.69) is 15.2 Å². The second-order valence-corrected chi connectivity index (χ2v) is 8.79. The predicted molar refractivity (Wildman–Crippen MR) is 132 cm³/mol. The molecule has 4 rings (SSSR count). The Bertz CT molecular complexity index is 1300. The molecule has 6 nitrogen and oxygen atoms in total. The number of fused-ring (bicyclic) bond motifs is 1. The molecule has 0 spiro atoms. The number of hydrogen-bond acceptors (Lipinski definition) is 5. The van der Waals surface area contributed by atoms with Crippen LogP contribution >= 0.6 is 23.4 Å². The lowest BCUT2D eigenvalue weighted by Gasteiger charge is -2.13. The zero-order chi connectivity index (χ0) is 23.2. The van der Waals surface area contributed by atoms with E-state index in [0.29, 0.717) is 28.1 Å². The molecule has 0 saturated carbocycles. The van der Waals surface area contributed by atoms with Crippen molar-refractivity contribution in [1.29, 1.82) is 0 Å². The zero-order valence-electron chi connectivity index (χ0n) is 17.9. The summed E-state index contributed by atoms with van der Waals surface area (Å²) in [4.78, 5) is 16.6. The lowest BCUT2D eigenvalue weighted by Crippen LogP contribution is -2.00. The molecule has 0 saturated heterocycles. The molecule has 0 atom stereocenters. The molecule has 33 heavy (non-hydrogen) atoms. The SMILES string of the molecule is CCCc1nc(S/C(=C\c2c(OCc3ccc(Cl)cc3)ccc3ccccc23)C(=O)O)n[nH]1. The van der Waals surface area contributed by atoms with Crippen LogP contribution in [0, 0.1) is 0 Å². The molecule has 0 aliphatic heterocycles. The van der Waals surface area contributed by atoms with Gasteiger partial charge in [-0.25, -0.2) is 9.78 Å². The summed E-state index contributed by atoms with van der Waals surface area (Å²) in [5, 5.41) is 19.8. The van der Waals surface area contributed by atoms with Gasteiger partial charge in [0.2, 0.25) is 5.16 Å². The highest BCUT2D eigenvalue weighted by molar-refractivity contribution is 8.04. The fraction of sp³-hybridized carbons (Fsp3) is 0.160. The summed E-state index contributed by atoms with van der Waals surface area (Å²) >= 11 is 6.98. The highest BCUT2D eigenvalue weighted by Crippen LogP contribution is 2.34. The summed E-state index contributed by atoms with van der Waals surface area (Å²) in [6.07, 6.45) is 3.30. The van der Waals surface area contributed by atoms with Gasteiger partial charge in [-0.15, -0.1) is 5.10 Å². The second-order valence-electron chi connectivity index (χ2n) is 7.34. The van der Waals surface area contributed by atoms with Crippen molar-refractivity contribution in [2.45, 2.75) is 31.5 Å². The Morgan fingerprint density at radius 3 is 2.70 bits per heavy atom. The number of thioether (sulfide) groups is 1. The van der Waals surface area contributed by atoms with Crippen LogP contribution in [-0.2, 0) is 17.8 Å². The monoisotopic (exact) mass is 479 g/mol. The van der Waals surface area contributed by atoms with Crippen molar-refractivity contribution in [2.75, 3.05) is 0 Å². The second kappa shape index (κ2) is 10.6. The number of carbonyl (C=O) groups is 1. The van der Waals surface area contributed by atoms with E-state index in [9.17, 15) is 9.90 Å². The molecule has 0 aliphatic carbocycles. The van der Waals surface area contributed by atoms with Gasteiger partial charge in [-0.05, 0) is 58.8 Å². The first-order valence-electron chi connectivity index (χ1n) is 10.5. The third-order valence-corrected chi connectivity index (χ3v) is 6.05. The van der Waals surface area contributed by atoms with E-state index in [-0.39, 0.29) is 4.91 Å². The quantitative estimate of drug-likeness (QED) is 0.214. The molecule has 1 heterocycles. The Labute approximate surface area is 200 Å². The van der Waals surface area contributed by atoms with Crippen molar-refractivity contribution in [3.8, 4) is 5.75 Å². The van der Waals surface area contributed by atoms with Crippen molar-refractivity contribution < 1.29 is 14.6 Å². The van der Waals surface area contributed by atoms with Gasteiger partial charge in [-0.3, -0.25) is 5.10 Å². The van der Waals surface area contributed by atoms with Crippen LogP contribution in [0.15, 0.2) is 70.7 Å². The fourth-order valence-corrected chi connectivity index (χ4v) is 4.16. The van der Waals surface area contributed by atoms with Gasteiger partial charge in [0, 0.05) is 17.0 Å². The molecule has 168 valence electrons. The van der Waals surface area contributed by atoms with Crippen LogP contribution < -0.4 is 4.74 Å². The third-order valence-electron chi connectivity index (χ3n) is 4.92. The summed E-state index contributed by atoms with van der Waals surface area (Å²) < 4.78 is 6.11. The summed E-state index contributed by atoms with van der Waals surface area (Å²) in [5.74, 6) is 0.268. The summed E-state index contributed by atoms with van der Waals surface area (Å²) in [5.41, 5.74) is 1.65. The lowest BCUT2D eigenvalue weighted by molar-refractivity contribution is -0.131. The van der Waals surface area contributed by atoms with Crippen LogP contribution in [0.2, 0.25) is 5.02 Å². The average molecular weight is 480 g/mol. The van der Waals surface area contributed by atoms with E-state index in [1.165, 1.54) is 0 Å². The summed E-state index contributed by atoms with van der Waals surface area (Å²) in [7, 11) is 0. The van der Waals surface area contributed by atoms with E-state index >= 15 is 0 Å². The molecule has 1 aromatic heterocycles. The predicted octanol–water partition coefficient (Wildman–Crippen LogP) is 6.36. The normalized spacial score (nSPS) is 11.6. The van der Waals surface area contributed by atoms with Crippen molar-refractivity contribution in [3.63, 3.8) is 0 Å². The summed E-state index contributed by atoms with van der Waals surface area (Å²) in [6.45, 7) is 2.37. The number of carboxylic acid groups (broad SMARTS) is 1. The Morgan fingerprint density at radius 2 is 1.94 bits per heavy atom. The first kappa shape index (κ1) is 22.9. The van der Waals surface area contributed by atoms with E-state index in [1.807, 2.05) is 67.6 Å². The molecular weight excluding hydrogens is 458 g/mol. The summed E-state index contributed by atoms with van der Waals surface area (Å²) in [6, 6.07) is 19.0. The van der Waals surface area contributed by atoms with Crippen molar-refractivity contribution in [1.82, 2.24) is 15.2 Å². The number of aromatic nitrogens is 3. The maximum absolute atomic E-state index is 12.1. The van der Waals surface area contributed by atoms with Gasteiger partial charge in [0.1, 0.15) is 23.1 Å². The minimum Gasteiger partial charge on any atom is -0.488 e. The number of benzene rings is 3. The Hall–Kier alpha value is -3.29. The van der Waals surface area contributed by atoms with Gasteiger partial charge >= 0.3 is 5.97 Å². The van der Waals surface area contributed by atoms with Crippen LogP contribution in [0.4, 0.5) is 0 Å². The lowest BCUT2D eigenvalue weighted by atomic mass is 10.0. The molecule has 0 fully saturated rings. The van der Waals surface area contributed by atoms with Crippen LogP contribution in [0.1, 0.15) is 30.3 Å². The highest BCUT2D eigenvalue weighted by Gasteiger charge is 2.16. The van der Waals surface area contributed by atoms with Crippen molar-refractivity contribution in [2.24, 2.45) is 0 Å². The molecule has 3 aromatic carbocycles. The number of ether oxygens (including phenoxy) is 1. The topological polar surface area (TPSA) is 88.1 Å². The van der Waals surface area contributed by atoms with Gasteiger partial charge < -0.3 is 9.84 Å². The number of hydrogen-bond donors (Lipinski definition) is 2. The molecule has 0 radical (unpaired) electrons. The Morgan fingerprint density at radius 1 is 1.15 bits per heavy atom. The smallest absolute Gasteiger partial charge is 0.342 e. The number of aromatic amines is 1. The number of carboxylic acids is 1. The van der Waals surface area contributed by atoms with Crippen LogP contribution in [-0.4, -0.2) is 26.3 Å². The van der Waals surface area contributed by atoms with Gasteiger partial charge in [0.05, 0.1) is 0 Å². The number of nitrogens with one attached hydrogen (secondary N) is 1. The molecular formula is C25H22ClN3O3S. The largest absolute Gasteiger partial charge is 0.488 e. The molecule has 0 unspecified atom stereocenters. The minimum atomic E-state index is -1.06. The maximum atomic E-state index is 12.1. The van der Waals surface area contributed by atoms with Crippen LogP contribution in [0.3, 0.4) is 0 Å². The Balaban J connectivity index is 1.70. The molecule has 0 aliphatic rings. The number of aryl methyl sites for hydroxylation is 1. The zero-order valence-corrected chi connectivity index (χ0v) is 19.5. The Kier molecular flexibility index (Phi) is 7.32. The first-order valence-corrected chi connectivity index (χ1v) is 11.7. The van der Waals surface area contributed by atoms with E-state index in [4.69, 9.17) is 16.3 Å². The van der Waals surface area contributed by atoms with E-state index in [1.54, 1.807) is 6.08 Å². The van der Waals surface area contributed by atoms with Crippen LogP contribution in [0.5, 0.6) is 5.75 Å². The van der Waals surface area contributed by atoms with E-state index in [0.717, 1.165) is 46.8 Å². The number of aliphatic carboxylic acids is 1. The number of nitrogens with zero attached hydrogens (tertiary/aromatic N) is 2. The first-order chi connectivity index (χ1) is 16.0. The highest BCUT2D eigenvalue weighted by atomic mass is 35.5. The van der Waals surface area contributed by atoms with Gasteiger partial charge in [-0.1, -0.05) is 61.0 Å². The van der Waals surface area contributed by atoms with Crippen molar-refractivity contribution >= 4 is 46.2 Å². The molecule has 0 bridgehead atoms. The minimum absolute atomic E-state index is 0.102. The average Bonchev–Trinajstić information content (AvgIpc) is 3.26. The number of H-pyrrole nitrogens is 1. The van der Waals surface area contributed by atoms with E-state index < -0.39 is 5.97 Å². The van der Waals surface area contributed by atoms with Gasteiger partial charge in [0.25, 0.3) is 0 Å². The van der Waals surface area contributed by atoms with Gasteiger partial charge in [-0.2, -0.15) is 0 Å². The molecule has 4 aromatic rings. The third kappa shape index (κ3) is 5.74. The van der Waals surface area contributed by atoms with Crippen molar-refractivity contribution in [3.05, 3.63) is 87.5 Å². The van der Waals surface area contributed by atoms with Gasteiger partial charge in [0.15, 0.2) is 0 Å². The number of halogens is 1. The maximum Gasteiger partial charge on any atom is 0.342 e. The number of rotatable bonds is 9.